The number of nitrogens with zero attached hydrogens (tertiary/aromatic N) is 3. The predicted octanol–water partition coefficient (Wildman–Crippen LogP) is 4.83. The van der Waals surface area contributed by atoms with Crippen molar-refractivity contribution in [1.82, 2.24) is 10.1 Å². The summed E-state index contributed by atoms with van der Waals surface area (Å²) in [7, 11) is 0. The van der Waals surface area contributed by atoms with Gasteiger partial charge in [-0.15, -0.1) is 11.8 Å². The first-order chi connectivity index (χ1) is 14.1. The number of nitrogens with one attached hydrogen (secondary N) is 1. The number of anilines is 2. The highest BCUT2D eigenvalue weighted by Crippen LogP contribution is 2.29. The van der Waals surface area contributed by atoms with Gasteiger partial charge >= 0.3 is 0 Å². The van der Waals surface area contributed by atoms with Gasteiger partial charge in [0.15, 0.2) is 0 Å². The van der Waals surface area contributed by atoms with Gasteiger partial charge in [0.05, 0.1) is 23.1 Å². The Hall–Kier alpha value is -2.80. The van der Waals surface area contributed by atoms with Crippen LogP contribution in [0.3, 0.4) is 0 Å². The molecule has 3 aromatic rings. The third-order valence-corrected chi connectivity index (χ3v) is 6.22. The molecule has 150 valence electrons. The quantitative estimate of drug-likeness (QED) is 0.589. The van der Waals surface area contributed by atoms with Crippen LogP contribution in [0.4, 0.5) is 11.5 Å². The third kappa shape index (κ3) is 4.45. The van der Waals surface area contributed by atoms with E-state index >= 15 is 0 Å². The van der Waals surface area contributed by atoms with Crippen molar-refractivity contribution in [3.8, 4) is 0 Å². The molecular formula is C22H24N4O2S. The van der Waals surface area contributed by atoms with Crippen molar-refractivity contribution in [3.05, 3.63) is 65.2 Å². The van der Waals surface area contributed by atoms with E-state index in [-0.39, 0.29) is 5.91 Å². The van der Waals surface area contributed by atoms with Crippen LogP contribution in [-0.2, 0) is 5.75 Å². The van der Waals surface area contributed by atoms with Gasteiger partial charge in [0.1, 0.15) is 11.6 Å². The Labute approximate surface area is 174 Å². The molecule has 0 aliphatic carbocycles. The summed E-state index contributed by atoms with van der Waals surface area (Å²) in [6.45, 7) is 5.94. The first-order valence-corrected chi connectivity index (χ1v) is 10.8. The van der Waals surface area contributed by atoms with Crippen molar-refractivity contribution in [2.75, 3.05) is 23.3 Å². The molecule has 0 unspecified atom stereocenters. The minimum Gasteiger partial charge on any atom is -0.361 e. The molecule has 1 aromatic carbocycles. The predicted molar refractivity (Wildman–Crippen MR) is 116 cm³/mol. The van der Waals surface area contributed by atoms with Gasteiger partial charge in [0.25, 0.3) is 5.91 Å². The standard InChI is InChI=1S/C22H24N4O2S/c1-15-19(16(2)28-25-15)14-29-20-8-4-3-7-18(20)22(27)24-17-9-10-21(23-13-17)26-11-5-6-12-26/h3-4,7-10,13H,5-6,11-12,14H2,1-2H3,(H,24,27). The van der Waals surface area contributed by atoms with E-state index in [1.807, 2.05) is 50.2 Å². The number of benzene rings is 1. The highest BCUT2D eigenvalue weighted by molar-refractivity contribution is 7.98. The van der Waals surface area contributed by atoms with Gasteiger partial charge in [-0.1, -0.05) is 17.3 Å². The Morgan fingerprint density at radius 1 is 1.17 bits per heavy atom. The number of pyridine rings is 1. The van der Waals surface area contributed by atoms with Crippen LogP contribution in [0, 0.1) is 13.8 Å². The van der Waals surface area contributed by atoms with Gasteiger partial charge in [-0.25, -0.2) is 4.98 Å². The second-order valence-corrected chi connectivity index (χ2v) is 8.16. The van der Waals surface area contributed by atoms with Gasteiger partial charge in [-0.2, -0.15) is 0 Å². The van der Waals surface area contributed by atoms with Crippen LogP contribution in [0.1, 0.15) is 40.2 Å². The van der Waals surface area contributed by atoms with Gasteiger partial charge in [-0.05, 0) is 51.0 Å². The molecule has 1 saturated heterocycles. The van der Waals surface area contributed by atoms with Crippen LogP contribution in [0.5, 0.6) is 0 Å². The van der Waals surface area contributed by atoms with Crippen molar-refractivity contribution >= 4 is 29.2 Å². The fourth-order valence-electron chi connectivity index (χ4n) is 3.43. The van der Waals surface area contributed by atoms with Crippen molar-refractivity contribution in [2.24, 2.45) is 0 Å². The van der Waals surface area contributed by atoms with Crippen LogP contribution < -0.4 is 10.2 Å². The number of carbonyl (C=O) groups is 1. The monoisotopic (exact) mass is 408 g/mol. The Balaban J connectivity index is 1.44. The van der Waals surface area contributed by atoms with Crippen LogP contribution in [0.2, 0.25) is 0 Å². The second kappa shape index (κ2) is 8.69. The van der Waals surface area contributed by atoms with Crippen molar-refractivity contribution < 1.29 is 9.32 Å². The highest BCUT2D eigenvalue weighted by Gasteiger charge is 2.16. The summed E-state index contributed by atoms with van der Waals surface area (Å²) in [4.78, 5) is 20.6. The lowest BCUT2D eigenvalue weighted by molar-refractivity contribution is 0.102. The molecule has 2 aromatic heterocycles. The number of aryl methyl sites for hydroxylation is 2. The SMILES string of the molecule is Cc1noc(C)c1CSc1ccccc1C(=O)Nc1ccc(N2CCCC2)nc1. The minimum absolute atomic E-state index is 0.136. The zero-order chi connectivity index (χ0) is 20.2. The number of hydrogen-bond acceptors (Lipinski definition) is 6. The maximum atomic E-state index is 12.9. The maximum absolute atomic E-state index is 12.9. The normalized spacial score (nSPS) is 13.7. The maximum Gasteiger partial charge on any atom is 0.256 e. The topological polar surface area (TPSA) is 71.3 Å². The molecule has 0 spiro atoms. The van der Waals surface area contributed by atoms with Crippen LogP contribution >= 0.6 is 11.8 Å². The second-order valence-electron chi connectivity index (χ2n) is 7.14. The van der Waals surface area contributed by atoms with Crippen molar-refractivity contribution in [1.29, 1.82) is 0 Å². The minimum atomic E-state index is -0.136. The molecule has 1 amide bonds. The number of carbonyl (C=O) groups excluding carboxylic acids is 1. The van der Waals surface area contributed by atoms with E-state index in [1.165, 1.54) is 12.8 Å². The van der Waals surface area contributed by atoms with Crippen LogP contribution in [-0.4, -0.2) is 29.1 Å². The van der Waals surface area contributed by atoms with E-state index in [0.717, 1.165) is 40.8 Å². The van der Waals surface area contributed by atoms with Gasteiger partial charge in [0.2, 0.25) is 0 Å². The van der Waals surface area contributed by atoms with Gasteiger partial charge in [-0.3, -0.25) is 4.79 Å². The van der Waals surface area contributed by atoms with E-state index in [9.17, 15) is 4.79 Å². The van der Waals surface area contributed by atoms with Gasteiger partial charge < -0.3 is 14.7 Å². The van der Waals surface area contributed by atoms with E-state index in [1.54, 1.807) is 18.0 Å². The van der Waals surface area contributed by atoms with Crippen LogP contribution in [0.25, 0.3) is 0 Å². The fraction of sp³-hybridized carbons (Fsp3) is 0.318. The summed E-state index contributed by atoms with van der Waals surface area (Å²) in [5.41, 5.74) is 3.31. The zero-order valence-corrected chi connectivity index (χ0v) is 17.5. The Bertz CT molecular complexity index is 975. The molecule has 29 heavy (non-hydrogen) atoms. The molecule has 7 heteroatoms. The molecule has 1 fully saturated rings. The number of rotatable bonds is 6. The molecule has 4 rings (SSSR count). The first kappa shape index (κ1) is 19.5. The smallest absolute Gasteiger partial charge is 0.256 e. The lowest BCUT2D eigenvalue weighted by Gasteiger charge is -2.16. The van der Waals surface area contributed by atoms with E-state index in [0.29, 0.717) is 17.0 Å². The Morgan fingerprint density at radius 3 is 2.66 bits per heavy atom. The zero-order valence-electron chi connectivity index (χ0n) is 16.6. The van der Waals surface area contributed by atoms with Crippen molar-refractivity contribution in [2.45, 2.75) is 37.3 Å². The van der Waals surface area contributed by atoms with E-state index < -0.39 is 0 Å². The molecular weight excluding hydrogens is 384 g/mol. The van der Waals surface area contributed by atoms with Crippen molar-refractivity contribution in [3.63, 3.8) is 0 Å². The molecule has 6 nitrogen and oxygen atoms in total. The molecule has 0 atom stereocenters. The summed E-state index contributed by atoms with van der Waals surface area (Å²) < 4.78 is 5.23. The average Bonchev–Trinajstić information content (AvgIpc) is 3.38. The number of thioether (sulfide) groups is 1. The third-order valence-electron chi connectivity index (χ3n) is 5.12. The lowest BCUT2D eigenvalue weighted by atomic mass is 10.2. The largest absolute Gasteiger partial charge is 0.361 e. The van der Waals surface area contributed by atoms with Crippen LogP contribution in [0.15, 0.2) is 52.0 Å². The molecule has 1 aliphatic rings. The Kier molecular flexibility index (Phi) is 5.85. The first-order valence-electron chi connectivity index (χ1n) is 9.78. The summed E-state index contributed by atoms with van der Waals surface area (Å²) in [5, 5.41) is 6.97. The molecule has 0 saturated carbocycles. The summed E-state index contributed by atoms with van der Waals surface area (Å²) in [6, 6.07) is 11.5. The fourth-order valence-corrected chi connectivity index (χ4v) is 4.63. The van der Waals surface area contributed by atoms with Gasteiger partial charge in [0, 0.05) is 29.3 Å². The number of amides is 1. The number of hydrogen-bond donors (Lipinski definition) is 1. The average molecular weight is 409 g/mol. The molecule has 0 bridgehead atoms. The molecule has 1 aliphatic heterocycles. The summed E-state index contributed by atoms with van der Waals surface area (Å²) in [5.74, 6) is 2.36. The van der Waals surface area contributed by atoms with E-state index in [2.05, 4.69) is 20.4 Å². The summed E-state index contributed by atoms with van der Waals surface area (Å²) >= 11 is 1.61. The summed E-state index contributed by atoms with van der Waals surface area (Å²) in [6.07, 6.45) is 4.15. The molecule has 1 N–H and O–H groups in total. The highest BCUT2D eigenvalue weighted by atomic mass is 32.2. The molecule has 3 heterocycles. The molecule has 0 radical (unpaired) electrons. The lowest BCUT2D eigenvalue weighted by Crippen LogP contribution is -2.19. The number of aromatic nitrogens is 2. The Morgan fingerprint density at radius 2 is 1.97 bits per heavy atom. The van der Waals surface area contributed by atoms with E-state index in [4.69, 9.17) is 4.52 Å².